The topological polar surface area (TPSA) is 15.6 Å². The molecule has 1 rings (SSSR count). The molecule has 0 aromatic rings. The average Bonchev–Trinajstić information content (AvgIpc) is 2.39. The summed E-state index contributed by atoms with van der Waals surface area (Å²) in [5.74, 6) is 1.85. The van der Waals surface area contributed by atoms with Crippen LogP contribution < -0.4 is 0 Å². The van der Waals surface area contributed by atoms with Gasteiger partial charge in [0.1, 0.15) is 5.84 Å². The van der Waals surface area contributed by atoms with Crippen LogP contribution >= 0.6 is 0 Å². The Hall–Kier alpha value is -0.530. The van der Waals surface area contributed by atoms with Gasteiger partial charge in [-0.1, -0.05) is 27.7 Å². The lowest BCUT2D eigenvalue weighted by molar-refractivity contribution is 0.528. The second-order valence-corrected chi connectivity index (χ2v) is 2.82. The van der Waals surface area contributed by atoms with Crippen LogP contribution in [0.25, 0.3) is 0 Å². The first-order chi connectivity index (χ1) is 5.22. The van der Waals surface area contributed by atoms with Crippen LogP contribution in [0.3, 0.4) is 0 Å². The predicted molar refractivity (Wildman–Crippen MR) is 51.1 cm³/mol. The van der Waals surface area contributed by atoms with Gasteiger partial charge in [-0.15, -0.1) is 0 Å². The van der Waals surface area contributed by atoms with Crippen LogP contribution in [0.2, 0.25) is 0 Å². The molecule has 0 aromatic carbocycles. The van der Waals surface area contributed by atoms with Gasteiger partial charge < -0.3 is 4.90 Å². The maximum Gasteiger partial charge on any atom is 0.101 e. The molecule has 0 saturated heterocycles. The zero-order valence-electron chi connectivity index (χ0n) is 8.39. The summed E-state index contributed by atoms with van der Waals surface area (Å²) >= 11 is 0. The summed E-state index contributed by atoms with van der Waals surface area (Å²) in [5.41, 5.74) is 0. The third-order valence-corrected chi connectivity index (χ3v) is 1.62. The minimum absolute atomic E-state index is 0.595. The van der Waals surface area contributed by atoms with E-state index in [4.69, 9.17) is 0 Å². The van der Waals surface area contributed by atoms with Gasteiger partial charge in [-0.3, -0.25) is 4.99 Å². The Kier molecular flexibility index (Phi) is 4.92. The van der Waals surface area contributed by atoms with Crippen LogP contribution in [0.15, 0.2) is 4.99 Å². The first-order valence-corrected chi connectivity index (χ1v) is 4.47. The summed E-state index contributed by atoms with van der Waals surface area (Å²) in [7, 11) is 2.10. The van der Waals surface area contributed by atoms with Crippen molar-refractivity contribution in [2.75, 3.05) is 20.1 Å². The summed E-state index contributed by atoms with van der Waals surface area (Å²) in [6.07, 6.45) is 0. The molecule has 0 aromatic heterocycles. The molecular formula is C9H20N2. The van der Waals surface area contributed by atoms with Crippen molar-refractivity contribution in [1.29, 1.82) is 0 Å². The van der Waals surface area contributed by atoms with Gasteiger partial charge in [-0.05, 0) is 0 Å². The lowest BCUT2D eigenvalue weighted by Crippen LogP contribution is -2.26. The molecule has 0 bridgehead atoms. The molecular weight excluding hydrogens is 136 g/mol. The summed E-state index contributed by atoms with van der Waals surface area (Å²) in [4.78, 5) is 6.59. The van der Waals surface area contributed by atoms with Gasteiger partial charge in [0.05, 0.1) is 6.54 Å². The van der Waals surface area contributed by atoms with Gasteiger partial charge in [0.25, 0.3) is 0 Å². The Labute approximate surface area is 70.3 Å². The highest BCUT2D eigenvalue weighted by atomic mass is 15.2. The number of aliphatic imine (C=N–C) groups is 1. The number of hydrogen-bond acceptors (Lipinski definition) is 2. The second-order valence-electron chi connectivity index (χ2n) is 2.82. The van der Waals surface area contributed by atoms with E-state index in [0.29, 0.717) is 5.92 Å². The van der Waals surface area contributed by atoms with Crippen molar-refractivity contribution in [2.45, 2.75) is 27.7 Å². The third kappa shape index (κ3) is 2.91. The Bertz CT molecular complexity index is 128. The molecule has 0 spiro atoms. The number of nitrogens with zero attached hydrogens (tertiary/aromatic N) is 2. The molecule has 1 heterocycles. The molecule has 11 heavy (non-hydrogen) atoms. The Morgan fingerprint density at radius 2 is 1.91 bits per heavy atom. The first kappa shape index (κ1) is 10.5. The predicted octanol–water partition coefficient (Wildman–Crippen LogP) is 2.01. The summed E-state index contributed by atoms with van der Waals surface area (Å²) < 4.78 is 0. The smallest absolute Gasteiger partial charge is 0.101 e. The van der Waals surface area contributed by atoms with Crippen LogP contribution in [-0.2, 0) is 0 Å². The third-order valence-electron chi connectivity index (χ3n) is 1.62. The zero-order valence-corrected chi connectivity index (χ0v) is 8.39. The van der Waals surface area contributed by atoms with E-state index in [-0.39, 0.29) is 0 Å². The molecule has 2 heteroatoms. The van der Waals surface area contributed by atoms with Crippen molar-refractivity contribution in [1.82, 2.24) is 4.90 Å². The van der Waals surface area contributed by atoms with Gasteiger partial charge in [0, 0.05) is 19.5 Å². The molecule has 66 valence electrons. The standard InChI is InChI=1S/C7H14N2.C2H6/c1-6(2)7-8-4-5-9(7)3;1-2/h6H,4-5H2,1-3H3;1-2H3. The fraction of sp³-hybridized carbons (Fsp3) is 0.889. The van der Waals surface area contributed by atoms with E-state index in [2.05, 4.69) is 30.8 Å². The van der Waals surface area contributed by atoms with Crippen molar-refractivity contribution in [2.24, 2.45) is 10.9 Å². The molecule has 1 aliphatic rings. The fourth-order valence-electron chi connectivity index (χ4n) is 1.17. The molecule has 0 aliphatic carbocycles. The summed E-state index contributed by atoms with van der Waals surface area (Å²) in [6.45, 7) is 10.5. The van der Waals surface area contributed by atoms with Crippen LogP contribution in [0.5, 0.6) is 0 Å². The number of amidine groups is 1. The van der Waals surface area contributed by atoms with Gasteiger partial charge in [-0.2, -0.15) is 0 Å². The van der Waals surface area contributed by atoms with Crippen LogP contribution in [0, 0.1) is 5.92 Å². The van der Waals surface area contributed by atoms with Gasteiger partial charge >= 0.3 is 0 Å². The van der Waals surface area contributed by atoms with Gasteiger partial charge in [-0.25, -0.2) is 0 Å². The minimum atomic E-state index is 0.595. The van der Waals surface area contributed by atoms with E-state index in [1.54, 1.807) is 0 Å². The molecule has 2 nitrogen and oxygen atoms in total. The van der Waals surface area contributed by atoms with E-state index in [9.17, 15) is 0 Å². The van der Waals surface area contributed by atoms with Crippen molar-refractivity contribution in [3.63, 3.8) is 0 Å². The van der Waals surface area contributed by atoms with Crippen molar-refractivity contribution < 1.29 is 0 Å². The first-order valence-electron chi connectivity index (χ1n) is 4.47. The van der Waals surface area contributed by atoms with Crippen LogP contribution in [0.1, 0.15) is 27.7 Å². The Morgan fingerprint density at radius 1 is 1.36 bits per heavy atom. The summed E-state index contributed by atoms with van der Waals surface area (Å²) in [6, 6.07) is 0. The highest BCUT2D eigenvalue weighted by molar-refractivity contribution is 5.85. The van der Waals surface area contributed by atoms with E-state index in [0.717, 1.165) is 13.1 Å². The Balaban J connectivity index is 0.000000461. The van der Waals surface area contributed by atoms with Gasteiger partial charge in [0.15, 0.2) is 0 Å². The number of hydrogen-bond donors (Lipinski definition) is 0. The molecule has 0 atom stereocenters. The lowest BCUT2D eigenvalue weighted by atomic mass is 10.2. The molecule has 0 radical (unpaired) electrons. The quantitative estimate of drug-likeness (QED) is 0.567. The molecule has 1 aliphatic heterocycles. The molecule has 0 saturated carbocycles. The molecule has 0 N–H and O–H groups in total. The Morgan fingerprint density at radius 3 is 2.09 bits per heavy atom. The van der Waals surface area contributed by atoms with E-state index in [1.807, 2.05) is 13.8 Å². The number of likely N-dealkylation sites (N-methyl/N-ethyl adjacent to an activating group) is 1. The van der Waals surface area contributed by atoms with E-state index < -0.39 is 0 Å². The van der Waals surface area contributed by atoms with Crippen molar-refractivity contribution >= 4 is 5.84 Å². The van der Waals surface area contributed by atoms with E-state index >= 15 is 0 Å². The van der Waals surface area contributed by atoms with Crippen LogP contribution in [-0.4, -0.2) is 30.9 Å². The fourth-order valence-corrected chi connectivity index (χ4v) is 1.17. The van der Waals surface area contributed by atoms with Crippen molar-refractivity contribution in [3.8, 4) is 0 Å². The van der Waals surface area contributed by atoms with Crippen LogP contribution in [0.4, 0.5) is 0 Å². The monoisotopic (exact) mass is 156 g/mol. The SMILES string of the molecule is CC.CC(C)C1=NCCN1C. The molecule has 0 amide bonds. The highest BCUT2D eigenvalue weighted by Gasteiger charge is 2.14. The highest BCUT2D eigenvalue weighted by Crippen LogP contribution is 2.06. The molecule has 0 unspecified atom stereocenters. The average molecular weight is 156 g/mol. The van der Waals surface area contributed by atoms with Crippen molar-refractivity contribution in [3.05, 3.63) is 0 Å². The zero-order chi connectivity index (χ0) is 8.85. The lowest BCUT2D eigenvalue weighted by Gasteiger charge is -2.15. The summed E-state index contributed by atoms with van der Waals surface area (Å²) in [5, 5.41) is 0. The normalized spacial score (nSPS) is 16.2. The molecule has 0 fully saturated rings. The maximum atomic E-state index is 4.36. The van der Waals surface area contributed by atoms with Gasteiger partial charge in [0.2, 0.25) is 0 Å². The second kappa shape index (κ2) is 5.16. The largest absolute Gasteiger partial charge is 0.361 e. The van der Waals surface area contributed by atoms with E-state index in [1.165, 1.54) is 5.84 Å². The number of rotatable bonds is 1. The maximum absolute atomic E-state index is 4.36. The minimum Gasteiger partial charge on any atom is -0.361 e.